The van der Waals surface area contributed by atoms with Gasteiger partial charge in [-0.2, -0.15) is 0 Å². The Morgan fingerprint density at radius 3 is 2.44 bits per heavy atom. The van der Waals surface area contributed by atoms with E-state index < -0.39 is 0 Å². The number of benzene rings is 2. The summed E-state index contributed by atoms with van der Waals surface area (Å²) in [5, 5.41) is 10.8. The number of nitrogens with zero attached hydrogens (tertiary/aromatic N) is 1. The molecule has 90 valence electrons. The maximum Gasteiger partial charge on any atom is 0.118 e. The molecule has 3 rings (SSSR count). The highest BCUT2D eigenvalue weighted by Gasteiger charge is 2.03. The zero-order valence-electron chi connectivity index (χ0n) is 10.5. The molecule has 0 fully saturated rings. The average Bonchev–Trinajstić information content (AvgIpc) is 2.74. The zero-order chi connectivity index (χ0) is 12.7. The van der Waals surface area contributed by atoms with Crippen LogP contribution >= 0.6 is 0 Å². The van der Waals surface area contributed by atoms with E-state index in [1.54, 1.807) is 6.07 Å². The molecule has 0 unspecified atom stereocenters. The molecule has 0 aliphatic rings. The van der Waals surface area contributed by atoms with Gasteiger partial charge in [-0.05, 0) is 53.9 Å². The molecule has 0 aliphatic heterocycles. The molecule has 1 N–H and O–H groups in total. The third-order valence-corrected chi connectivity index (χ3v) is 3.42. The third kappa shape index (κ3) is 1.66. The second kappa shape index (κ2) is 3.91. The fourth-order valence-electron chi connectivity index (χ4n) is 2.30. The van der Waals surface area contributed by atoms with Gasteiger partial charge in [-0.15, -0.1) is 0 Å². The number of aromatic hydroxyl groups is 1. The van der Waals surface area contributed by atoms with E-state index in [2.05, 4.69) is 35.0 Å². The van der Waals surface area contributed by atoms with Crippen LogP contribution in [0.25, 0.3) is 22.0 Å². The van der Waals surface area contributed by atoms with Gasteiger partial charge in [0, 0.05) is 24.1 Å². The van der Waals surface area contributed by atoms with Crippen LogP contribution in [-0.2, 0) is 7.05 Å². The summed E-state index contributed by atoms with van der Waals surface area (Å²) in [7, 11) is 2.05. The Kier molecular flexibility index (Phi) is 2.37. The van der Waals surface area contributed by atoms with Crippen molar-refractivity contribution in [2.24, 2.45) is 7.05 Å². The van der Waals surface area contributed by atoms with Gasteiger partial charge in [0.15, 0.2) is 0 Å². The van der Waals surface area contributed by atoms with Crippen LogP contribution in [0.2, 0.25) is 0 Å². The molecule has 0 amide bonds. The van der Waals surface area contributed by atoms with Crippen molar-refractivity contribution in [3.05, 3.63) is 54.2 Å². The summed E-state index contributed by atoms with van der Waals surface area (Å²) >= 11 is 0. The molecule has 0 atom stereocenters. The first-order valence-electron chi connectivity index (χ1n) is 6.00. The quantitative estimate of drug-likeness (QED) is 0.683. The van der Waals surface area contributed by atoms with Crippen molar-refractivity contribution >= 4 is 10.9 Å². The molecular formula is C16H15NO. The van der Waals surface area contributed by atoms with Crippen LogP contribution < -0.4 is 0 Å². The number of phenols is 1. The molecule has 0 aliphatic carbocycles. The molecule has 2 heteroatoms. The summed E-state index contributed by atoms with van der Waals surface area (Å²) in [6.45, 7) is 1.92. The van der Waals surface area contributed by atoms with Gasteiger partial charge in [-0.25, -0.2) is 0 Å². The van der Waals surface area contributed by atoms with E-state index in [0.29, 0.717) is 5.75 Å². The SMILES string of the molecule is Cc1cc(-c2ccc3c(ccn3C)c2)ccc1O. The first-order chi connectivity index (χ1) is 8.65. The second-order valence-corrected chi connectivity index (χ2v) is 4.70. The van der Waals surface area contributed by atoms with Gasteiger partial charge < -0.3 is 9.67 Å². The molecule has 1 heterocycles. The molecule has 0 saturated carbocycles. The Bertz CT molecular complexity index is 725. The Hall–Kier alpha value is -2.22. The van der Waals surface area contributed by atoms with Crippen LogP contribution in [0.4, 0.5) is 0 Å². The van der Waals surface area contributed by atoms with Gasteiger partial charge >= 0.3 is 0 Å². The van der Waals surface area contributed by atoms with E-state index in [4.69, 9.17) is 0 Å². The molecule has 2 nitrogen and oxygen atoms in total. The second-order valence-electron chi connectivity index (χ2n) is 4.70. The van der Waals surface area contributed by atoms with E-state index in [1.807, 2.05) is 26.1 Å². The lowest BCUT2D eigenvalue weighted by Gasteiger charge is -2.05. The lowest BCUT2D eigenvalue weighted by atomic mass is 10.0. The summed E-state index contributed by atoms with van der Waals surface area (Å²) in [6, 6.07) is 14.3. The van der Waals surface area contributed by atoms with E-state index in [0.717, 1.165) is 11.1 Å². The normalized spacial score (nSPS) is 11.0. The third-order valence-electron chi connectivity index (χ3n) is 3.42. The monoisotopic (exact) mass is 237 g/mol. The molecule has 0 radical (unpaired) electrons. The van der Waals surface area contributed by atoms with Gasteiger partial charge in [0.25, 0.3) is 0 Å². The minimum atomic E-state index is 0.347. The van der Waals surface area contributed by atoms with E-state index in [1.165, 1.54) is 16.5 Å². The van der Waals surface area contributed by atoms with Crippen LogP contribution in [0.15, 0.2) is 48.7 Å². The predicted octanol–water partition coefficient (Wildman–Crippen LogP) is 3.86. The van der Waals surface area contributed by atoms with Gasteiger partial charge in [-0.1, -0.05) is 12.1 Å². The van der Waals surface area contributed by atoms with Crippen molar-refractivity contribution in [2.75, 3.05) is 0 Å². The van der Waals surface area contributed by atoms with Crippen molar-refractivity contribution in [1.29, 1.82) is 0 Å². The topological polar surface area (TPSA) is 25.2 Å². The van der Waals surface area contributed by atoms with Crippen molar-refractivity contribution in [1.82, 2.24) is 4.57 Å². The number of aryl methyl sites for hydroxylation is 2. The highest BCUT2D eigenvalue weighted by molar-refractivity contribution is 5.85. The highest BCUT2D eigenvalue weighted by atomic mass is 16.3. The number of phenolic OH excluding ortho intramolecular Hbond substituents is 1. The minimum Gasteiger partial charge on any atom is -0.508 e. The molecule has 2 aromatic carbocycles. The molecule has 3 aromatic rings. The number of fused-ring (bicyclic) bond motifs is 1. The minimum absolute atomic E-state index is 0.347. The van der Waals surface area contributed by atoms with E-state index >= 15 is 0 Å². The van der Waals surface area contributed by atoms with E-state index in [-0.39, 0.29) is 0 Å². The van der Waals surface area contributed by atoms with Crippen LogP contribution in [0, 0.1) is 6.92 Å². The van der Waals surface area contributed by atoms with Crippen LogP contribution in [0.3, 0.4) is 0 Å². The van der Waals surface area contributed by atoms with Gasteiger partial charge in [0.05, 0.1) is 0 Å². The lowest BCUT2D eigenvalue weighted by Crippen LogP contribution is -1.84. The first kappa shape index (κ1) is 10.9. The van der Waals surface area contributed by atoms with Gasteiger partial charge in [0.1, 0.15) is 5.75 Å². The Morgan fingerprint density at radius 1 is 0.944 bits per heavy atom. The zero-order valence-corrected chi connectivity index (χ0v) is 10.5. The number of aromatic nitrogens is 1. The summed E-state index contributed by atoms with van der Waals surface area (Å²) < 4.78 is 2.11. The maximum absolute atomic E-state index is 9.56. The Labute approximate surface area is 106 Å². The number of hydrogen-bond acceptors (Lipinski definition) is 1. The molecule has 0 bridgehead atoms. The van der Waals surface area contributed by atoms with Crippen LogP contribution in [-0.4, -0.2) is 9.67 Å². The van der Waals surface area contributed by atoms with Crippen molar-refractivity contribution in [3.8, 4) is 16.9 Å². The molecular weight excluding hydrogens is 222 g/mol. The number of rotatable bonds is 1. The van der Waals surface area contributed by atoms with Crippen LogP contribution in [0.1, 0.15) is 5.56 Å². The Balaban J connectivity index is 2.16. The molecule has 0 saturated heterocycles. The van der Waals surface area contributed by atoms with Crippen molar-refractivity contribution < 1.29 is 5.11 Å². The smallest absolute Gasteiger partial charge is 0.118 e. The summed E-state index contributed by atoms with van der Waals surface area (Å²) in [5.74, 6) is 0.347. The first-order valence-corrected chi connectivity index (χ1v) is 6.00. The predicted molar refractivity (Wildman–Crippen MR) is 74.8 cm³/mol. The average molecular weight is 237 g/mol. The highest BCUT2D eigenvalue weighted by Crippen LogP contribution is 2.28. The largest absolute Gasteiger partial charge is 0.508 e. The van der Waals surface area contributed by atoms with Crippen molar-refractivity contribution in [2.45, 2.75) is 6.92 Å². The Morgan fingerprint density at radius 2 is 1.67 bits per heavy atom. The maximum atomic E-state index is 9.56. The summed E-state index contributed by atoms with van der Waals surface area (Å²) in [5.41, 5.74) is 4.45. The fraction of sp³-hybridized carbons (Fsp3) is 0.125. The molecule has 1 aromatic heterocycles. The van der Waals surface area contributed by atoms with Crippen LogP contribution in [0.5, 0.6) is 5.75 Å². The molecule has 0 spiro atoms. The summed E-state index contributed by atoms with van der Waals surface area (Å²) in [4.78, 5) is 0. The standard InChI is InChI=1S/C16H15NO/c1-11-9-12(4-6-16(11)18)13-3-5-15-14(10-13)7-8-17(15)2/h3-10,18H,1-2H3. The van der Waals surface area contributed by atoms with Gasteiger partial charge in [0.2, 0.25) is 0 Å². The number of hydrogen-bond donors (Lipinski definition) is 1. The summed E-state index contributed by atoms with van der Waals surface area (Å²) in [6.07, 6.45) is 2.07. The van der Waals surface area contributed by atoms with Gasteiger partial charge in [-0.3, -0.25) is 0 Å². The lowest BCUT2D eigenvalue weighted by molar-refractivity contribution is 0.471. The molecule has 18 heavy (non-hydrogen) atoms. The van der Waals surface area contributed by atoms with Crippen molar-refractivity contribution in [3.63, 3.8) is 0 Å². The van der Waals surface area contributed by atoms with E-state index in [9.17, 15) is 5.11 Å². The fourth-order valence-corrected chi connectivity index (χ4v) is 2.30.